The van der Waals surface area contributed by atoms with Gasteiger partial charge < -0.3 is 9.69 Å². The predicted molar refractivity (Wildman–Crippen MR) is 79.3 cm³/mol. The third-order valence-corrected chi connectivity index (χ3v) is 4.94. The lowest BCUT2D eigenvalue weighted by molar-refractivity contribution is -0.179. The normalized spacial score (nSPS) is 24.3. The van der Waals surface area contributed by atoms with E-state index in [1.165, 1.54) is 24.1 Å². The van der Waals surface area contributed by atoms with Crippen LogP contribution in [0, 0.1) is 0 Å². The van der Waals surface area contributed by atoms with Crippen molar-refractivity contribution in [2.75, 3.05) is 11.9 Å². The van der Waals surface area contributed by atoms with Crippen molar-refractivity contribution in [2.45, 2.75) is 29.6 Å². The molecule has 0 aliphatic carbocycles. The number of imide groups is 1. The maximum Gasteiger partial charge on any atom is 0.409 e. The van der Waals surface area contributed by atoms with E-state index >= 15 is 0 Å². The minimum Gasteiger partial charge on any atom is -0.314 e. The van der Waals surface area contributed by atoms with Crippen molar-refractivity contribution in [3.8, 4) is 0 Å². The molecule has 0 saturated carbocycles. The Hall–Kier alpha value is -2.07. The van der Waals surface area contributed by atoms with E-state index in [2.05, 4.69) is 4.72 Å². The number of urea groups is 1. The molecule has 0 radical (unpaired) electrons. The van der Waals surface area contributed by atoms with Gasteiger partial charge in [0, 0.05) is 11.9 Å². The number of anilines is 1. The second kappa shape index (κ2) is 5.78. The van der Waals surface area contributed by atoms with Gasteiger partial charge in [-0.05, 0) is 35.7 Å². The van der Waals surface area contributed by atoms with E-state index in [-0.39, 0.29) is 5.69 Å². The first-order valence-electron chi connectivity index (χ1n) is 6.92. The molecule has 3 amide bonds. The highest BCUT2D eigenvalue weighted by Crippen LogP contribution is 2.38. The molecule has 3 rings (SSSR count). The quantitative estimate of drug-likeness (QED) is 0.648. The SMILES string of the molecule is CN1C(=O)N(c2ccc3c(c2)C(C=O)NS3)C(=O)CC1C(F)(F)F. The largest absolute Gasteiger partial charge is 0.409 e. The van der Waals surface area contributed by atoms with Crippen LogP contribution in [0.5, 0.6) is 0 Å². The van der Waals surface area contributed by atoms with Crippen molar-refractivity contribution in [3.05, 3.63) is 23.8 Å². The van der Waals surface area contributed by atoms with Crippen LogP contribution < -0.4 is 9.62 Å². The molecule has 2 aliphatic rings. The lowest BCUT2D eigenvalue weighted by Gasteiger charge is -2.38. The topological polar surface area (TPSA) is 69.7 Å². The number of rotatable bonds is 2. The second-order valence-corrected chi connectivity index (χ2v) is 6.32. The molecule has 2 heterocycles. The van der Waals surface area contributed by atoms with E-state index in [0.717, 1.165) is 11.9 Å². The van der Waals surface area contributed by atoms with Crippen LogP contribution in [0.15, 0.2) is 23.1 Å². The number of hydrogen-bond acceptors (Lipinski definition) is 5. The van der Waals surface area contributed by atoms with Gasteiger partial charge in [-0.1, -0.05) is 0 Å². The molecule has 0 bridgehead atoms. The lowest BCUT2D eigenvalue weighted by Crippen LogP contribution is -2.60. The van der Waals surface area contributed by atoms with E-state index in [1.54, 1.807) is 6.07 Å². The number of carbonyl (C=O) groups excluding carboxylic acids is 3. The van der Waals surface area contributed by atoms with Crippen LogP contribution in [0.4, 0.5) is 23.7 Å². The number of amides is 3. The molecule has 1 fully saturated rings. The van der Waals surface area contributed by atoms with Crippen LogP contribution in [0.25, 0.3) is 0 Å². The van der Waals surface area contributed by atoms with Gasteiger partial charge in [0.05, 0.1) is 18.2 Å². The molecule has 2 unspecified atom stereocenters. The van der Waals surface area contributed by atoms with Crippen LogP contribution >= 0.6 is 11.9 Å². The van der Waals surface area contributed by atoms with Crippen molar-refractivity contribution in [3.63, 3.8) is 0 Å². The second-order valence-electron chi connectivity index (χ2n) is 5.44. The van der Waals surface area contributed by atoms with Crippen molar-refractivity contribution in [1.82, 2.24) is 9.62 Å². The molecule has 2 atom stereocenters. The van der Waals surface area contributed by atoms with Gasteiger partial charge in [-0.25, -0.2) is 14.4 Å². The Morgan fingerprint density at radius 2 is 2.04 bits per heavy atom. The van der Waals surface area contributed by atoms with Gasteiger partial charge >= 0.3 is 12.2 Å². The highest BCUT2D eigenvalue weighted by Gasteiger charge is 2.51. The summed E-state index contributed by atoms with van der Waals surface area (Å²) >= 11 is 1.23. The number of nitrogens with zero attached hydrogens (tertiary/aromatic N) is 2. The van der Waals surface area contributed by atoms with Crippen molar-refractivity contribution in [1.29, 1.82) is 0 Å². The monoisotopic (exact) mass is 359 g/mol. The molecular weight excluding hydrogens is 347 g/mol. The summed E-state index contributed by atoms with van der Waals surface area (Å²) in [5.41, 5.74) is 0.723. The van der Waals surface area contributed by atoms with Crippen molar-refractivity contribution in [2.24, 2.45) is 0 Å². The number of fused-ring (bicyclic) bond motifs is 1. The average Bonchev–Trinajstić information content (AvgIpc) is 2.92. The molecule has 10 heteroatoms. The Morgan fingerprint density at radius 3 is 2.67 bits per heavy atom. The third kappa shape index (κ3) is 2.65. The highest BCUT2D eigenvalue weighted by molar-refractivity contribution is 7.97. The lowest BCUT2D eigenvalue weighted by atomic mass is 10.1. The van der Waals surface area contributed by atoms with Gasteiger partial charge in [0.1, 0.15) is 12.3 Å². The maximum absolute atomic E-state index is 12.9. The number of aldehydes is 1. The first-order chi connectivity index (χ1) is 11.2. The Bertz CT molecular complexity index is 725. The standard InChI is InChI=1S/C14H12F3N3O3S/c1-19-11(14(15,16)17)5-12(22)20(13(19)23)7-2-3-10-8(4-7)9(6-21)18-24-10/h2-4,6,9,11,18H,5H2,1H3. The number of nitrogens with one attached hydrogen (secondary N) is 1. The minimum absolute atomic E-state index is 0.146. The summed E-state index contributed by atoms with van der Waals surface area (Å²) < 4.78 is 41.7. The first kappa shape index (κ1) is 16.8. The Labute approximate surface area is 139 Å². The summed E-state index contributed by atoms with van der Waals surface area (Å²) in [6.07, 6.45) is -4.84. The van der Waals surface area contributed by atoms with Crippen LogP contribution in [0.3, 0.4) is 0 Å². The summed E-state index contributed by atoms with van der Waals surface area (Å²) in [7, 11) is 1.01. The number of hydrogen-bond donors (Lipinski definition) is 1. The third-order valence-electron chi connectivity index (χ3n) is 3.97. The van der Waals surface area contributed by atoms with E-state index in [4.69, 9.17) is 0 Å². The molecular formula is C14H12F3N3O3S. The van der Waals surface area contributed by atoms with Crippen LogP contribution in [-0.4, -0.2) is 42.4 Å². The molecule has 1 aromatic rings. The zero-order valence-electron chi connectivity index (χ0n) is 12.3. The maximum atomic E-state index is 12.9. The number of benzene rings is 1. The minimum atomic E-state index is -4.67. The van der Waals surface area contributed by atoms with Gasteiger partial charge in [0.15, 0.2) is 0 Å². The summed E-state index contributed by atoms with van der Waals surface area (Å²) in [6.45, 7) is 0. The molecule has 24 heavy (non-hydrogen) atoms. The van der Waals surface area contributed by atoms with Gasteiger partial charge in [0.25, 0.3) is 0 Å². The highest BCUT2D eigenvalue weighted by atomic mass is 32.2. The molecule has 0 spiro atoms. The summed E-state index contributed by atoms with van der Waals surface area (Å²) in [4.78, 5) is 37.5. The predicted octanol–water partition coefficient (Wildman–Crippen LogP) is 2.26. The number of halogens is 3. The van der Waals surface area contributed by atoms with E-state index in [9.17, 15) is 27.6 Å². The fraction of sp³-hybridized carbons (Fsp3) is 0.357. The van der Waals surface area contributed by atoms with Gasteiger partial charge in [-0.2, -0.15) is 13.2 Å². The van der Waals surface area contributed by atoms with Gasteiger partial charge in [-0.15, -0.1) is 0 Å². The smallest absolute Gasteiger partial charge is 0.314 e. The Morgan fingerprint density at radius 1 is 1.33 bits per heavy atom. The summed E-state index contributed by atoms with van der Waals surface area (Å²) in [6, 6.07) is 0.776. The zero-order valence-corrected chi connectivity index (χ0v) is 13.1. The number of alkyl halides is 3. The molecule has 0 aromatic heterocycles. The summed E-state index contributed by atoms with van der Waals surface area (Å²) in [5.74, 6) is -0.929. The van der Waals surface area contributed by atoms with Gasteiger partial charge in [0.2, 0.25) is 5.91 Å². The van der Waals surface area contributed by atoms with E-state index in [0.29, 0.717) is 21.6 Å². The fourth-order valence-electron chi connectivity index (χ4n) is 2.68. The molecule has 1 aromatic carbocycles. The summed E-state index contributed by atoms with van der Waals surface area (Å²) in [5, 5.41) is 0. The number of carbonyl (C=O) groups is 3. The van der Waals surface area contributed by atoms with Crippen LogP contribution in [0.2, 0.25) is 0 Å². The van der Waals surface area contributed by atoms with E-state index < -0.39 is 36.6 Å². The fourth-order valence-corrected chi connectivity index (χ4v) is 3.56. The Kier molecular flexibility index (Phi) is 4.04. The van der Waals surface area contributed by atoms with Crippen molar-refractivity contribution >= 4 is 35.9 Å². The molecule has 1 saturated heterocycles. The van der Waals surface area contributed by atoms with Gasteiger partial charge in [-0.3, -0.25) is 4.79 Å². The Balaban J connectivity index is 1.95. The molecule has 128 valence electrons. The molecule has 6 nitrogen and oxygen atoms in total. The van der Waals surface area contributed by atoms with Crippen LogP contribution in [-0.2, 0) is 9.59 Å². The van der Waals surface area contributed by atoms with E-state index in [1.807, 2.05) is 0 Å². The average molecular weight is 359 g/mol. The van der Waals surface area contributed by atoms with Crippen LogP contribution in [0.1, 0.15) is 18.0 Å². The first-order valence-corrected chi connectivity index (χ1v) is 7.73. The molecule has 1 N–H and O–H groups in total. The molecule has 2 aliphatic heterocycles. The van der Waals surface area contributed by atoms with Crippen molar-refractivity contribution < 1.29 is 27.6 Å². The zero-order chi connectivity index (χ0) is 17.6.